The van der Waals surface area contributed by atoms with Crippen molar-refractivity contribution in [2.45, 2.75) is 59.2 Å². The van der Waals surface area contributed by atoms with Gasteiger partial charge in [0, 0.05) is 17.8 Å². The van der Waals surface area contributed by atoms with Gasteiger partial charge in [-0.25, -0.2) is 5.43 Å². The normalized spacial score (nSPS) is 12.8. The van der Waals surface area contributed by atoms with Gasteiger partial charge in [0.05, 0.1) is 6.17 Å². The lowest BCUT2D eigenvalue weighted by molar-refractivity contribution is 0.448. The summed E-state index contributed by atoms with van der Waals surface area (Å²) in [6.45, 7) is 6.91. The fourth-order valence-corrected chi connectivity index (χ4v) is 5.48. The van der Waals surface area contributed by atoms with Crippen molar-refractivity contribution in [1.82, 2.24) is 10.7 Å². The number of allylic oxidation sites excluding steroid dienone is 1. The van der Waals surface area contributed by atoms with Gasteiger partial charge >= 0.3 is 0 Å². The second-order valence-electron chi connectivity index (χ2n) is 10.7. The largest absolute Gasteiger partial charge is 0.398 e. The Morgan fingerprint density at radius 3 is 2.02 bits per heavy atom. The highest BCUT2D eigenvalue weighted by molar-refractivity contribution is 5.83. The molecule has 5 aromatic carbocycles. The highest BCUT2D eigenvalue weighted by atomic mass is 15.3. The van der Waals surface area contributed by atoms with Gasteiger partial charge in [0.1, 0.15) is 0 Å². The highest BCUT2D eigenvalue weighted by Gasteiger charge is 2.16. The number of fused-ring (bicyclic) bond motifs is 2. The molecule has 222 valence electrons. The number of hydrogen-bond donors (Lipinski definition) is 4. The van der Waals surface area contributed by atoms with Crippen molar-refractivity contribution in [3.05, 3.63) is 160 Å². The number of benzene rings is 5. The van der Waals surface area contributed by atoms with Gasteiger partial charge in [0.25, 0.3) is 0 Å². The molecule has 0 heterocycles. The van der Waals surface area contributed by atoms with Crippen LogP contribution in [-0.2, 0) is 19.4 Å². The minimum Gasteiger partial charge on any atom is -0.398 e. The van der Waals surface area contributed by atoms with Gasteiger partial charge in [-0.3, -0.25) is 11.2 Å². The standard InChI is InChI=1S/C19H21N.C18H19N3.C2H6/c1-14-7-12-18-17(13-14)11-10-16(19(18)20)9-8-15-5-3-2-4-6-15;19-21-18(20-13-14-6-2-1-3-7-14)17-11-10-15-8-4-5-9-16(15)12-17;1-2/h2-7,12-13H,8-11,20H2,1H3;1-12,18,20-21H,13,19H2;1-2H3. The third-order valence-corrected chi connectivity index (χ3v) is 7.81. The summed E-state index contributed by atoms with van der Waals surface area (Å²) in [6, 6.07) is 42.3. The van der Waals surface area contributed by atoms with Gasteiger partial charge in [-0.2, -0.15) is 0 Å². The molecule has 0 saturated heterocycles. The van der Waals surface area contributed by atoms with Crippen molar-refractivity contribution in [2.24, 2.45) is 11.6 Å². The van der Waals surface area contributed by atoms with Gasteiger partial charge in [0.15, 0.2) is 0 Å². The maximum atomic E-state index is 6.38. The molecular weight excluding hydrogens is 524 g/mol. The Bertz CT molecular complexity index is 1590. The lowest BCUT2D eigenvalue weighted by atomic mass is 9.86. The van der Waals surface area contributed by atoms with E-state index >= 15 is 0 Å². The van der Waals surface area contributed by atoms with Crippen LogP contribution in [0.4, 0.5) is 0 Å². The first-order chi connectivity index (χ1) is 21.1. The van der Waals surface area contributed by atoms with E-state index in [0.29, 0.717) is 0 Å². The number of rotatable bonds is 8. The van der Waals surface area contributed by atoms with Crippen LogP contribution in [0.1, 0.15) is 66.2 Å². The molecule has 0 spiro atoms. The Morgan fingerprint density at radius 1 is 0.674 bits per heavy atom. The van der Waals surface area contributed by atoms with E-state index in [-0.39, 0.29) is 6.17 Å². The lowest BCUT2D eigenvalue weighted by Crippen LogP contribution is -2.38. The Labute approximate surface area is 257 Å². The minimum absolute atomic E-state index is 0.0742. The average Bonchev–Trinajstić information content (AvgIpc) is 3.07. The van der Waals surface area contributed by atoms with Crippen LogP contribution in [0, 0.1) is 6.92 Å². The van der Waals surface area contributed by atoms with Crippen molar-refractivity contribution >= 4 is 16.5 Å². The third-order valence-electron chi connectivity index (χ3n) is 7.81. The number of aryl methyl sites for hydroxylation is 3. The van der Waals surface area contributed by atoms with E-state index in [1.165, 1.54) is 44.2 Å². The number of nitrogens with one attached hydrogen (secondary N) is 2. The van der Waals surface area contributed by atoms with Crippen molar-refractivity contribution < 1.29 is 0 Å². The molecule has 5 aromatic rings. The summed E-state index contributed by atoms with van der Waals surface area (Å²) in [5.41, 5.74) is 19.4. The lowest BCUT2D eigenvalue weighted by Gasteiger charge is -2.21. The molecule has 0 fully saturated rings. The Balaban J connectivity index is 0.000000186. The number of hydrogen-bond acceptors (Lipinski definition) is 4. The molecule has 0 saturated carbocycles. The van der Waals surface area contributed by atoms with Crippen molar-refractivity contribution in [2.75, 3.05) is 0 Å². The van der Waals surface area contributed by atoms with E-state index < -0.39 is 0 Å². The first-order valence-electron chi connectivity index (χ1n) is 15.4. The molecule has 1 aliphatic rings. The fourth-order valence-electron chi connectivity index (χ4n) is 5.48. The van der Waals surface area contributed by atoms with Crippen LogP contribution in [-0.4, -0.2) is 0 Å². The van der Waals surface area contributed by atoms with Gasteiger partial charge in [-0.1, -0.05) is 135 Å². The molecule has 0 aromatic heterocycles. The van der Waals surface area contributed by atoms with Crippen LogP contribution >= 0.6 is 0 Å². The zero-order chi connectivity index (χ0) is 30.4. The molecule has 0 aliphatic heterocycles. The number of hydrazine groups is 1. The summed E-state index contributed by atoms with van der Waals surface area (Å²) >= 11 is 0. The SMILES string of the molecule is CC.Cc1ccc2c(c1)CCC(CCc1ccccc1)=C2N.NNC(NCc1ccccc1)c1ccc2ccccc2c1. The molecule has 0 amide bonds. The molecule has 0 radical (unpaired) electrons. The molecule has 6 rings (SSSR count). The Hall–Kier alpha value is -4.22. The molecule has 0 bridgehead atoms. The molecule has 1 aliphatic carbocycles. The summed E-state index contributed by atoms with van der Waals surface area (Å²) in [5, 5.41) is 5.89. The van der Waals surface area contributed by atoms with Gasteiger partial charge < -0.3 is 5.73 Å². The third kappa shape index (κ3) is 8.89. The van der Waals surface area contributed by atoms with Crippen molar-refractivity contribution in [3.8, 4) is 0 Å². The summed E-state index contributed by atoms with van der Waals surface area (Å²) in [5.74, 6) is 5.70. The van der Waals surface area contributed by atoms with Gasteiger partial charge in [0.2, 0.25) is 0 Å². The smallest absolute Gasteiger partial charge is 0.0963 e. The molecule has 1 unspecified atom stereocenters. The molecule has 43 heavy (non-hydrogen) atoms. The zero-order valence-corrected chi connectivity index (χ0v) is 25.8. The summed E-state index contributed by atoms with van der Waals surface area (Å²) in [7, 11) is 0. The first kappa shape index (κ1) is 31.7. The minimum atomic E-state index is -0.0742. The second-order valence-corrected chi connectivity index (χ2v) is 10.7. The molecule has 4 heteroatoms. The topological polar surface area (TPSA) is 76.1 Å². The summed E-state index contributed by atoms with van der Waals surface area (Å²) in [6.07, 6.45) is 4.31. The quantitative estimate of drug-likeness (QED) is 0.0859. The predicted octanol–water partition coefficient (Wildman–Crippen LogP) is 8.36. The zero-order valence-electron chi connectivity index (χ0n) is 25.8. The maximum Gasteiger partial charge on any atom is 0.0963 e. The average molecular weight is 571 g/mol. The van der Waals surface area contributed by atoms with Gasteiger partial charge in [-0.15, -0.1) is 0 Å². The Kier molecular flexibility index (Phi) is 12.1. The van der Waals surface area contributed by atoms with Crippen LogP contribution in [0.5, 0.6) is 0 Å². The molecule has 6 N–H and O–H groups in total. The highest BCUT2D eigenvalue weighted by Crippen LogP contribution is 2.31. The first-order valence-corrected chi connectivity index (χ1v) is 15.4. The van der Waals surface area contributed by atoms with Crippen LogP contribution in [0.25, 0.3) is 16.5 Å². The monoisotopic (exact) mass is 570 g/mol. The van der Waals surface area contributed by atoms with E-state index in [2.05, 4.69) is 109 Å². The van der Waals surface area contributed by atoms with E-state index in [1.54, 1.807) is 0 Å². The van der Waals surface area contributed by atoms with Crippen LogP contribution in [0.15, 0.2) is 127 Å². The molecule has 4 nitrogen and oxygen atoms in total. The van der Waals surface area contributed by atoms with Crippen molar-refractivity contribution in [1.29, 1.82) is 0 Å². The predicted molar refractivity (Wildman–Crippen MR) is 184 cm³/mol. The fraction of sp³-hybridized carbons (Fsp3) is 0.231. The van der Waals surface area contributed by atoms with Gasteiger partial charge in [-0.05, 0) is 77.3 Å². The summed E-state index contributed by atoms with van der Waals surface area (Å²) in [4.78, 5) is 0. The second kappa shape index (κ2) is 16.4. The maximum absolute atomic E-state index is 6.38. The van der Waals surface area contributed by atoms with Crippen LogP contribution in [0.2, 0.25) is 0 Å². The summed E-state index contributed by atoms with van der Waals surface area (Å²) < 4.78 is 0. The van der Waals surface area contributed by atoms with E-state index in [4.69, 9.17) is 11.6 Å². The van der Waals surface area contributed by atoms with Crippen LogP contribution in [0.3, 0.4) is 0 Å². The molecule has 1 atom stereocenters. The van der Waals surface area contributed by atoms with E-state index in [9.17, 15) is 0 Å². The number of nitrogens with two attached hydrogens (primary N) is 2. The van der Waals surface area contributed by atoms with Crippen molar-refractivity contribution in [3.63, 3.8) is 0 Å². The van der Waals surface area contributed by atoms with Crippen LogP contribution < -0.4 is 22.3 Å². The van der Waals surface area contributed by atoms with E-state index in [0.717, 1.165) is 43.5 Å². The molecular formula is C39H46N4. The Morgan fingerprint density at radius 2 is 1.33 bits per heavy atom. The van der Waals surface area contributed by atoms with E-state index in [1.807, 2.05) is 44.2 Å².